The van der Waals surface area contributed by atoms with Crippen molar-refractivity contribution in [1.29, 1.82) is 0 Å². The van der Waals surface area contributed by atoms with Crippen LogP contribution in [0, 0.1) is 11.8 Å². The maximum atomic E-state index is 12.4. The zero-order valence-electron chi connectivity index (χ0n) is 13.2. The lowest BCUT2D eigenvalue weighted by Gasteiger charge is -2.22. The molecule has 0 aromatic carbocycles. The van der Waals surface area contributed by atoms with Crippen LogP contribution in [0.3, 0.4) is 0 Å². The van der Waals surface area contributed by atoms with Gasteiger partial charge in [-0.25, -0.2) is 4.98 Å². The molecule has 3 atom stereocenters. The summed E-state index contributed by atoms with van der Waals surface area (Å²) < 4.78 is 5.43. The number of carbonyl (C=O) groups excluding carboxylic acids is 2. The van der Waals surface area contributed by atoms with Crippen molar-refractivity contribution in [3.05, 3.63) is 11.6 Å². The molecular weight excluding hydrogens is 302 g/mol. The van der Waals surface area contributed by atoms with Gasteiger partial charge in [0.2, 0.25) is 11.8 Å². The molecule has 2 rings (SSSR count). The number of amides is 2. The summed E-state index contributed by atoms with van der Waals surface area (Å²) >= 11 is 1.36. The van der Waals surface area contributed by atoms with Crippen molar-refractivity contribution in [3.63, 3.8) is 0 Å². The second kappa shape index (κ2) is 7.69. The Morgan fingerprint density at radius 1 is 1.50 bits per heavy atom. The Morgan fingerprint density at radius 3 is 2.82 bits per heavy atom. The summed E-state index contributed by atoms with van der Waals surface area (Å²) in [4.78, 5) is 28.8. The third-order valence-corrected chi connectivity index (χ3v) is 4.40. The van der Waals surface area contributed by atoms with Gasteiger partial charge in [0.05, 0.1) is 12.0 Å². The molecule has 1 aromatic heterocycles. The molecule has 1 saturated heterocycles. The summed E-state index contributed by atoms with van der Waals surface area (Å²) in [5.41, 5.74) is 0. The monoisotopic (exact) mass is 325 g/mol. The van der Waals surface area contributed by atoms with Crippen LogP contribution >= 0.6 is 11.3 Å². The Balaban J connectivity index is 1.98. The fourth-order valence-corrected chi connectivity index (χ4v) is 3.07. The summed E-state index contributed by atoms with van der Waals surface area (Å²) in [6.07, 6.45) is 2.83. The van der Waals surface area contributed by atoms with Gasteiger partial charge in [-0.05, 0) is 25.7 Å². The molecule has 1 aromatic rings. The highest BCUT2D eigenvalue weighted by Gasteiger charge is 2.33. The molecular formula is C15H23N3O3S. The van der Waals surface area contributed by atoms with Crippen molar-refractivity contribution >= 4 is 28.3 Å². The van der Waals surface area contributed by atoms with Gasteiger partial charge in [-0.3, -0.25) is 9.59 Å². The molecule has 1 aliphatic heterocycles. The smallest absolute Gasteiger partial charge is 0.248 e. The van der Waals surface area contributed by atoms with E-state index < -0.39 is 6.04 Å². The average Bonchev–Trinajstić information content (AvgIpc) is 3.08. The van der Waals surface area contributed by atoms with Crippen LogP contribution in [0.5, 0.6) is 0 Å². The first-order chi connectivity index (χ1) is 10.5. The summed E-state index contributed by atoms with van der Waals surface area (Å²) in [7, 11) is 0. The van der Waals surface area contributed by atoms with Gasteiger partial charge in [-0.1, -0.05) is 13.8 Å². The van der Waals surface area contributed by atoms with E-state index in [0.717, 1.165) is 0 Å². The summed E-state index contributed by atoms with van der Waals surface area (Å²) in [6, 6.07) is -0.552. The number of aromatic nitrogens is 1. The molecule has 2 N–H and O–H groups in total. The number of anilines is 1. The number of nitrogens with zero attached hydrogens (tertiary/aromatic N) is 1. The quantitative estimate of drug-likeness (QED) is 0.839. The van der Waals surface area contributed by atoms with E-state index in [0.29, 0.717) is 30.5 Å². The Labute approximate surface area is 134 Å². The first kappa shape index (κ1) is 16.9. The van der Waals surface area contributed by atoms with Crippen molar-refractivity contribution in [2.75, 3.05) is 11.9 Å². The molecule has 1 aliphatic rings. The van der Waals surface area contributed by atoms with Gasteiger partial charge in [-0.2, -0.15) is 0 Å². The molecule has 22 heavy (non-hydrogen) atoms. The van der Waals surface area contributed by atoms with Crippen LogP contribution in [0.15, 0.2) is 11.6 Å². The van der Waals surface area contributed by atoms with Crippen molar-refractivity contribution < 1.29 is 14.3 Å². The molecule has 122 valence electrons. The molecule has 0 bridgehead atoms. The standard InChI is InChI=1S/C15H23N3O3S/c1-9(2)8-12(14(20)18-15-16-5-7-22-15)17-13(19)11-4-6-21-10(11)3/h5,7,9-12H,4,6,8H2,1-3H3,(H,17,19)(H,16,18,20). The number of carbonyl (C=O) groups is 2. The topological polar surface area (TPSA) is 80.3 Å². The third kappa shape index (κ3) is 4.51. The van der Waals surface area contributed by atoms with Crippen LogP contribution < -0.4 is 10.6 Å². The molecule has 1 fully saturated rings. The summed E-state index contributed by atoms with van der Waals surface area (Å²) in [6.45, 7) is 6.54. The zero-order chi connectivity index (χ0) is 16.1. The van der Waals surface area contributed by atoms with E-state index in [9.17, 15) is 9.59 Å². The van der Waals surface area contributed by atoms with Gasteiger partial charge in [0.1, 0.15) is 6.04 Å². The molecule has 2 heterocycles. The number of rotatable bonds is 6. The number of hydrogen-bond donors (Lipinski definition) is 2. The first-order valence-corrected chi connectivity index (χ1v) is 8.47. The Kier molecular flexibility index (Phi) is 5.90. The summed E-state index contributed by atoms with van der Waals surface area (Å²) in [5, 5.41) is 7.98. The lowest BCUT2D eigenvalue weighted by Crippen LogP contribution is -2.47. The van der Waals surface area contributed by atoms with Crippen molar-refractivity contribution in [2.24, 2.45) is 11.8 Å². The molecule has 0 saturated carbocycles. The predicted octanol–water partition coefficient (Wildman–Crippen LogP) is 2.04. The number of hydrogen-bond acceptors (Lipinski definition) is 5. The summed E-state index contributed by atoms with van der Waals surface area (Å²) in [5.74, 6) is -0.208. The molecule has 3 unspecified atom stereocenters. The lowest BCUT2D eigenvalue weighted by molar-refractivity contribution is -0.130. The molecule has 0 spiro atoms. The zero-order valence-corrected chi connectivity index (χ0v) is 14.0. The van der Waals surface area contributed by atoms with Crippen molar-refractivity contribution in [2.45, 2.75) is 45.8 Å². The normalized spacial score (nSPS) is 22.5. The maximum absolute atomic E-state index is 12.4. The van der Waals surface area contributed by atoms with Gasteiger partial charge in [0, 0.05) is 18.2 Å². The third-order valence-electron chi connectivity index (χ3n) is 3.72. The molecule has 6 nitrogen and oxygen atoms in total. The minimum atomic E-state index is -0.552. The Hall–Kier alpha value is -1.47. The maximum Gasteiger partial charge on any atom is 0.248 e. The number of thiazole rings is 1. The van der Waals surface area contributed by atoms with E-state index in [1.54, 1.807) is 11.6 Å². The van der Waals surface area contributed by atoms with Gasteiger partial charge >= 0.3 is 0 Å². The first-order valence-electron chi connectivity index (χ1n) is 7.59. The van der Waals surface area contributed by atoms with Gasteiger partial charge in [0.15, 0.2) is 5.13 Å². The second-order valence-corrected chi connectivity index (χ2v) is 6.88. The largest absolute Gasteiger partial charge is 0.378 e. The highest BCUT2D eigenvalue weighted by molar-refractivity contribution is 7.13. The Bertz CT molecular complexity index is 504. The van der Waals surface area contributed by atoms with E-state index in [4.69, 9.17) is 4.74 Å². The van der Waals surface area contributed by atoms with Crippen LogP contribution in [0.2, 0.25) is 0 Å². The van der Waals surface area contributed by atoms with Gasteiger partial charge in [0.25, 0.3) is 0 Å². The van der Waals surface area contributed by atoms with Crippen LogP contribution in [0.1, 0.15) is 33.6 Å². The van der Waals surface area contributed by atoms with E-state index in [1.165, 1.54) is 11.3 Å². The van der Waals surface area contributed by atoms with E-state index >= 15 is 0 Å². The molecule has 0 aliphatic carbocycles. The van der Waals surface area contributed by atoms with Crippen LogP contribution in [-0.4, -0.2) is 35.6 Å². The fourth-order valence-electron chi connectivity index (χ4n) is 2.54. The fraction of sp³-hybridized carbons (Fsp3) is 0.667. The van der Waals surface area contributed by atoms with Crippen LogP contribution in [-0.2, 0) is 14.3 Å². The SMILES string of the molecule is CC(C)CC(NC(=O)C1CCOC1C)C(=O)Nc1nccs1. The lowest BCUT2D eigenvalue weighted by atomic mass is 9.99. The van der Waals surface area contributed by atoms with Gasteiger partial charge < -0.3 is 15.4 Å². The molecule has 7 heteroatoms. The number of nitrogens with one attached hydrogen (secondary N) is 2. The van der Waals surface area contributed by atoms with Crippen LogP contribution in [0.4, 0.5) is 5.13 Å². The minimum Gasteiger partial charge on any atom is -0.378 e. The van der Waals surface area contributed by atoms with E-state index in [2.05, 4.69) is 15.6 Å². The second-order valence-electron chi connectivity index (χ2n) is 5.99. The number of ether oxygens (including phenoxy) is 1. The van der Waals surface area contributed by atoms with E-state index in [-0.39, 0.29) is 23.8 Å². The van der Waals surface area contributed by atoms with Crippen LogP contribution in [0.25, 0.3) is 0 Å². The molecule has 2 amide bonds. The Morgan fingerprint density at radius 2 is 2.27 bits per heavy atom. The average molecular weight is 325 g/mol. The highest BCUT2D eigenvalue weighted by atomic mass is 32.1. The molecule has 0 radical (unpaired) electrons. The van der Waals surface area contributed by atoms with Crippen molar-refractivity contribution in [1.82, 2.24) is 10.3 Å². The van der Waals surface area contributed by atoms with Crippen molar-refractivity contribution in [3.8, 4) is 0 Å². The predicted molar refractivity (Wildman–Crippen MR) is 85.7 cm³/mol. The highest BCUT2D eigenvalue weighted by Crippen LogP contribution is 2.21. The van der Waals surface area contributed by atoms with Gasteiger partial charge in [-0.15, -0.1) is 11.3 Å². The van der Waals surface area contributed by atoms with E-state index in [1.807, 2.05) is 20.8 Å². The minimum absolute atomic E-state index is 0.0956.